The lowest BCUT2D eigenvalue weighted by Gasteiger charge is -2.26. The summed E-state index contributed by atoms with van der Waals surface area (Å²) in [6.45, 7) is 7.72. The first-order chi connectivity index (χ1) is 16.2. The summed E-state index contributed by atoms with van der Waals surface area (Å²) in [6.07, 6.45) is -0.0486. The van der Waals surface area contributed by atoms with Crippen molar-refractivity contribution in [1.82, 2.24) is 0 Å². The van der Waals surface area contributed by atoms with Crippen molar-refractivity contribution in [1.29, 1.82) is 0 Å². The summed E-state index contributed by atoms with van der Waals surface area (Å²) in [4.78, 5) is 28.1. The molecule has 3 aromatic rings. The second-order valence-corrected chi connectivity index (χ2v) is 9.20. The highest BCUT2D eigenvalue weighted by Gasteiger charge is 2.47. The quantitative estimate of drug-likeness (QED) is 0.264. The highest BCUT2D eigenvalue weighted by molar-refractivity contribution is 6.51. The van der Waals surface area contributed by atoms with Gasteiger partial charge in [0.15, 0.2) is 0 Å². The Kier molecular flexibility index (Phi) is 6.49. The van der Waals surface area contributed by atoms with E-state index in [0.717, 1.165) is 11.1 Å². The number of carbonyl (C=O) groups excluding carboxylic acids is 2. The molecule has 0 aliphatic carbocycles. The molecule has 4 rings (SSSR count). The maximum absolute atomic E-state index is 13.4. The number of Topliss-reactive ketones (excluding diaryl/α,β-unsaturated/α-hetero) is 1. The predicted octanol–water partition coefficient (Wildman–Crippen LogP) is 6.37. The zero-order chi connectivity index (χ0) is 24.6. The van der Waals surface area contributed by atoms with E-state index in [1.54, 1.807) is 30.3 Å². The minimum atomic E-state index is -0.837. The van der Waals surface area contributed by atoms with Crippen LogP contribution in [0.5, 0.6) is 5.75 Å². The fraction of sp³-hybridized carbons (Fsp3) is 0.214. The average molecular weight is 476 g/mol. The zero-order valence-electron chi connectivity index (χ0n) is 19.5. The first-order valence-corrected chi connectivity index (χ1v) is 11.5. The third kappa shape index (κ3) is 4.57. The minimum Gasteiger partial charge on any atom is -0.507 e. The number of carbonyl (C=O) groups is 2. The largest absolute Gasteiger partial charge is 0.507 e. The number of hydrogen-bond acceptors (Lipinski definition) is 4. The van der Waals surface area contributed by atoms with Crippen LogP contribution in [-0.2, 0) is 9.59 Å². The summed E-state index contributed by atoms with van der Waals surface area (Å²) in [5.74, 6) is -1.11. The van der Waals surface area contributed by atoms with Crippen molar-refractivity contribution < 1.29 is 19.4 Å². The Morgan fingerprint density at radius 2 is 1.65 bits per heavy atom. The molecule has 0 spiro atoms. The van der Waals surface area contributed by atoms with E-state index >= 15 is 0 Å². The molecule has 0 saturated carbocycles. The van der Waals surface area contributed by atoms with Crippen LogP contribution in [0.15, 0.2) is 72.3 Å². The molecule has 1 saturated heterocycles. The van der Waals surface area contributed by atoms with E-state index in [1.807, 2.05) is 64.1 Å². The van der Waals surface area contributed by atoms with Crippen LogP contribution in [0.3, 0.4) is 0 Å². The number of halogens is 1. The van der Waals surface area contributed by atoms with Gasteiger partial charge in [0.2, 0.25) is 0 Å². The van der Waals surface area contributed by atoms with Gasteiger partial charge < -0.3 is 9.84 Å². The highest BCUT2D eigenvalue weighted by atomic mass is 35.5. The van der Waals surface area contributed by atoms with Crippen LogP contribution in [-0.4, -0.2) is 22.9 Å². The first kappa shape index (κ1) is 23.6. The number of aliphatic hydroxyl groups excluding tert-OH is 1. The lowest BCUT2D eigenvalue weighted by atomic mass is 9.94. The number of nitrogens with zero attached hydrogens (tertiary/aromatic N) is 1. The summed E-state index contributed by atoms with van der Waals surface area (Å²) >= 11 is 6.13. The molecule has 0 bridgehead atoms. The Balaban J connectivity index is 1.96. The molecular weight excluding hydrogens is 450 g/mol. The second kappa shape index (κ2) is 9.35. The maximum Gasteiger partial charge on any atom is 0.300 e. The van der Waals surface area contributed by atoms with Crippen LogP contribution in [0.4, 0.5) is 5.69 Å². The molecular formula is C28H26ClNO4. The Labute approximate surface area is 204 Å². The molecule has 0 aromatic heterocycles. The minimum absolute atomic E-state index is 0.00752. The van der Waals surface area contributed by atoms with E-state index in [4.69, 9.17) is 16.3 Å². The molecule has 34 heavy (non-hydrogen) atoms. The van der Waals surface area contributed by atoms with E-state index in [1.165, 1.54) is 4.90 Å². The molecule has 3 aromatic carbocycles. The van der Waals surface area contributed by atoms with Crippen LogP contribution >= 0.6 is 11.6 Å². The normalized spacial score (nSPS) is 17.5. The maximum atomic E-state index is 13.4. The van der Waals surface area contributed by atoms with Crippen molar-refractivity contribution in [2.24, 2.45) is 0 Å². The molecule has 5 nitrogen and oxygen atoms in total. The van der Waals surface area contributed by atoms with Gasteiger partial charge in [0, 0.05) is 16.3 Å². The molecule has 1 atom stereocenters. The number of aryl methyl sites for hydroxylation is 2. The van der Waals surface area contributed by atoms with E-state index in [-0.39, 0.29) is 17.4 Å². The van der Waals surface area contributed by atoms with Crippen molar-refractivity contribution in [2.75, 3.05) is 4.90 Å². The van der Waals surface area contributed by atoms with Gasteiger partial charge in [-0.05, 0) is 80.8 Å². The number of benzene rings is 3. The summed E-state index contributed by atoms with van der Waals surface area (Å²) in [5.41, 5.74) is 3.54. The molecule has 6 heteroatoms. The van der Waals surface area contributed by atoms with Crippen LogP contribution in [0.25, 0.3) is 5.76 Å². The van der Waals surface area contributed by atoms with Gasteiger partial charge in [0.05, 0.1) is 17.7 Å². The van der Waals surface area contributed by atoms with Gasteiger partial charge in [-0.15, -0.1) is 0 Å². The SMILES string of the molecule is Cc1cc(C)cc(N2C(=O)C(=O)/C(=C(/O)c3cccc(Cl)c3)C2c2cccc(OC(C)C)c2)c1. The molecule has 1 unspecified atom stereocenters. The first-order valence-electron chi connectivity index (χ1n) is 11.1. The summed E-state index contributed by atoms with van der Waals surface area (Å²) in [7, 11) is 0. The predicted molar refractivity (Wildman–Crippen MR) is 134 cm³/mol. The number of aliphatic hydroxyl groups is 1. The van der Waals surface area contributed by atoms with Gasteiger partial charge in [-0.1, -0.05) is 41.9 Å². The molecule has 1 aliphatic rings. The molecule has 174 valence electrons. The van der Waals surface area contributed by atoms with E-state index in [9.17, 15) is 14.7 Å². The topological polar surface area (TPSA) is 66.8 Å². The van der Waals surface area contributed by atoms with Crippen molar-refractivity contribution in [3.05, 3.63) is 99.6 Å². The summed E-state index contributed by atoms with van der Waals surface area (Å²) in [6, 6.07) is 18.7. The molecule has 1 aliphatic heterocycles. The smallest absolute Gasteiger partial charge is 0.300 e. The lowest BCUT2D eigenvalue weighted by molar-refractivity contribution is -0.132. The Morgan fingerprint density at radius 1 is 0.971 bits per heavy atom. The molecule has 1 fully saturated rings. The van der Waals surface area contributed by atoms with Gasteiger partial charge in [0.25, 0.3) is 11.7 Å². The number of rotatable bonds is 5. The van der Waals surface area contributed by atoms with E-state index < -0.39 is 17.7 Å². The van der Waals surface area contributed by atoms with Crippen molar-refractivity contribution in [2.45, 2.75) is 39.8 Å². The fourth-order valence-electron chi connectivity index (χ4n) is 4.33. The fourth-order valence-corrected chi connectivity index (χ4v) is 4.52. The lowest BCUT2D eigenvalue weighted by Crippen LogP contribution is -2.29. The zero-order valence-corrected chi connectivity index (χ0v) is 20.3. The number of ether oxygens (including phenoxy) is 1. The summed E-state index contributed by atoms with van der Waals surface area (Å²) in [5, 5.41) is 11.7. The third-order valence-electron chi connectivity index (χ3n) is 5.57. The Morgan fingerprint density at radius 3 is 2.29 bits per heavy atom. The Hall–Kier alpha value is -3.57. The molecule has 1 N–H and O–H groups in total. The highest BCUT2D eigenvalue weighted by Crippen LogP contribution is 2.43. The molecule has 1 heterocycles. The standard InChI is InChI=1S/C28H26ClNO4/c1-16(2)34-23-10-6-7-19(15-23)25-24(26(31)20-8-5-9-21(29)14-20)27(32)28(33)30(25)22-12-17(3)11-18(4)13-22/h5-16,25,31H,1-4H3/b26-24+. The van der Waals surface area contributed by atoms with Crippen LogP contribution in [0.2, 0.25) is 5.02 Å². The number of amides is 1. The average Bonchev–Trinajstić information content (AvgIpc) is 3.03. The van der Waals surface area contributed by atoms with Gasteiger partial charge >= 0.3 is 0 Å². The van der Waals surface area contributed by atoms with E-state index in [0.29, 0.717) is 27.6 Å². The van der Waals surface area contributed by atoms with Gasteiger partial charge in [-0.3, -0.25) is 14.5 Å². The number of ketones is 1. The Bertz CT molecular complexity index is 1290. The van der Waals surface area contributed by atoms with Gasteiger partial charge in [0.1, 0.15) is 11.5 Å². The van der Waals surface area contributed by atoms with Crippen LogP contribution in [0, 0.1) is 13.8 Å². The monoisotopic (exact) mass is 475 g/mol. The molecule has 1 amide bonds. The third-order valence-corrected chi connectivity index (χ3v) is 5.81. The van der Waals surface area contributed by atoms with Crippen LogP contribution < -0.4 is 9.64 Å². The summed E-state index contributed by atoms with van der Waals surface area (Å²) < 4.78 is 5.86. The van der Waals surface area contributed by atoms with Crippen molar-refractivity contribution in [3.63, 3.8) is 0 Å². The van der Waals surface area contributed by atoms with Gasteiger partial charge in [-0.2, -0.15) is 0 Å². The molecule has 0 radical (unpaired) electrons. The number of anilines is 1. The van der Waals surface area contributed by atoms with Crippen molar-refractivity contribution in [3.8, 4) is 5.75 Å². The van der Waals surface area contributed by atoms with Gasteiger partial charge in [-0.25, -0.2) is 0 Å². The van der Waals surface area contributed by atoms with Crippen LogP contribution in [0.1, 0.15) is 42.1 Å². The van der Waals surface area contributed by atoms with E-state index in [2.05, 4.69) is 0 Å². The van der Waals surface area contributed by atoms with Crippen molar-refractivity contribution >= 4 is 34.7 Å². The second-order valence-electron chi connectivity index (χ2n) is 8.76. The number of hydrogen-bond donors (Lipinski definition) is 1.